The number of hydrogen-bond donors (Lipinski definition) is 1. The van der Waals surface area contributed by atoms with Crippen molar-refractivity contribution in [3.63, 3.8) is 0 Å². The van der Waals surface area contributed by atoms with E-state index in [2.05, 4.69) is 52.8 Å². The van der Waals surface area contributed by atoms with Gasteiger partial charge >= 0.3 is 0 Å². The molecule has 0 amide bonds. The minimum Gasteiger partial charge on any atom is -0.317 e. The Kier molecular flexibility index (Phi) is 4.91. The van der Waals surface area contributed by atoms with Crippen molar-refractivity contribution < 1.29 is 0 Å². The highest BCUT2D eigenvalue weighted by Crippen LogP contribution is 2.09. The maximum absolute atomic E-state index is 4.05. The first kappa shape index (κ1) is 12.8. The predicted molar refractivity (Wildman–Crippen MR) is 75.6 cm³/mol. The Morgan fingerprint density at radius 2 is 1.72 bits per heavy atom. The number of benzene rings is 1. The van der Waals surface area contributed by atoms with Gasteiger partial charge in [-0.25, -0.2) is 0 Å². The molecule has 1 unspecified atom stereocenters. The van der Waals surface area contributed by atoms with Gasteiger partial charge in [0, 0.05) is 18.4 Å². The molecule has 2 aromatic rings. The van der Waals surface area contributed by atoms with Gasteiger partial charge in [0.05, 0.1) is 0 Å². The molecule has 2 rings (SSSR count). The Morgan fingerprint density at radius 1 is 1.00 bits per heavy atom. The van der Waals surface area contributed by atoms with Crippen LogP contribution in [0.1, 0.15) is 17.5 Å². The molecular weight excluding hydrogens is 220 g/mol. The number of nitrogens with zero attached hydrogens (tertiary/aromatic N) is 1. The number of pyridine rings is 1. The lowest BCUT2D eigenvalue weighted by molar-refractivity contribution is 0.520. The third-order valence-corrected chi connectivity index (χ3v) is 3.26. The summed E-state index contributed by atoms with van der Waals surface area (Å²) >= 11 is 0. The second-order valence-electron chi connectivity index (χ2n) is 4.57. The third-order valence-electron chi connectivity index (χ3n) is 3.26. The van der Waals surface area contributed by atoms with Crippen molar-refractivity contribution in [2.24, 2.45) is 0 Å². The Morgan fingerprint density at radius 3 is 2.39 bits per heavy atom. The minimum absolute atomic E-state index is 0.521. The molecule has 0 aliphatic carbocycles. The molecule has 0 spiro atoms. The molecule has 18 heavy (non-hydrogen) atoms. The van der Waals surface area contributed by atoms with Gasteiger partial charge in [-0.2, -0.15) is 0 Å². The summed E-state index contributed by atoms with van der Waals surface area (Å²) < 4.78 is 0. The predicted octanol–water partition coefficient (Wildman–Crippen LogP) is 2.84. The second-order valence-corrected chi connectivity index (χ2v) is 4.57. The second kappa shape index (κ2) is 6.92. The Hall–Kier alpha value is -1.67. The fraction of sp³-hybridized carbons (Fsp3) is 0.312. The van der Waals surface area contributed by atoms with E-state index >= 15 is 0 Å². The van der Waals surface area contributed by atoms with Crippen LogP contribution in [0.5, 0.6) is 0 Å². The molecule has 1 atom stereocenters. The van der Waals surface area contributed by atoms with Crippen molar-refractivity contribution >= 4 is 0 Å². The molecule has 0 radical (unpaired) electrons. The topological polar surface area (TPSA) is 24.9 Å². The van der Waals surface area contributed by atoms with E-state index in [0.717, 1.165) is 19.3 Å². The standard InChI is InChI=1S/C16H20N2/c1-17-16(13-15-9-11-18-12-10-15)8-7-14-5-3-2-4-6-14/h2-6,9-12,16-17H,7-8,13H2,1H3. The molecule has 0 saturated carbocycles. The van der Waals surface area contributed by atoms with Gasteiger partial charge in [0.2, 0.25) is 0 Å². The molecule has 1 aromatic carbocycles. The van der Waals surface area contributed by atoms with Gasteiger partial charge in [-0.3, -0.25) is 4.98 Å². The first-order valence-corrected chi connectivity index (χ1v) is 6.48. The summed E-state index contributed by atoms with van der Waals surface area (Å²) in [5, 5.41) is 3.40. The zero-order valence-corrected chi connectivity index (χ0v) is 10.8. The summed E-state index contributed by atoms with van der Waals surface area (Å²) in [6, 6.07) is 15.4. The zero-order valence-electron chi connectivity index (χ0n) is 10.8. The van der Waals surface area contributed by atoms with E-state index in [1.807, 2.05) is 19.4 Å². The average molecular weight is 240 g/mol. The molecule has 2 nitrogen and oxygen atoms in total. The van der Waals surface area contributed by atoms with Crippen molar-refractivity contribution in [3.8, 4) is 0 Å². The van der Waals surface area contributed by atoms with Gasteiger partial charge in [0.1, 0.15) is 0 Å². The third kappa shape index (κ3) is 3.97. The van der Waals surface area contributed by atoms with Gasteiger partial charge in [-0.05, 0) is 49.6 Å². The first-order chi connectivity index (χ1) is 8.88. The SMILES string of the molecule is CNC(CCc1ccccc1)Cc1ccncc1. The van der Waals surface area contributed by atoms with Crippen LogP contribution < -0.4 is 5.32 Å². The van der Waals surface area contributed by atoms with Crippen LogP contribution in [0.4, 0.5) is 0 Å². The number of aromatic nitrogens is 1. The molecule has 1 aromatic heterocycles. The molecule has 0 saturated heterocycles. The van der Waals surface area contributed by atoms with E-state index in [4.69, 9.17) is 0 Å². The Labute approximate surface area is 109 Å². The molecule has 0 aliphatic heterocycles. The fourth-order valence-corrected chi connectivity index (χ4v) is 2.14. The van der Waals surface area contributed by atoms with Crippen molar-refractivity contribution in [1.29, 1.82) is 0 Å². The van der Waals surface area contributed by atoms with E-state index in [0.29, 0.717) is 6.04 Å². The zero-order chi connectivity index (χ0) is 12.6. The molecule has 94 valence electrons. The number of hydrogen-bond acceptors (Lipinski definition) is 2. The summed E-state index contributed by atoms with van der Waals surface area (Å²) in [4.78, 5) is 4.05. The molecule has 2 heteroatoms. The van der Waals surface area contributed by atoms with E-state index in [9.17, 15) is 0 Å². The van der Waals surface area contributed by atoms with Crippen LogP contribution in [-0.4, -0.2) is 18.1 Å². The highest BCUT2D eigenvalue weighted by atomic mass is 14.9. The van der Waals surface area contributed by atoms with Crippen LogP contribution >= 0.6 is 0 Å². The van der Waals surface area contributed by atoms with Gasteiger partial charge in [0.25, 0.3) is 0 Å². The molecule has 0 aliphatic rings. The Balaban J connectivity index is 1.86. The minimum atomic E-state index is 0.521. The first-order valence-electron chi connectivity index (χ1n) is 6.48. The molecule has 1 N–H and O–H groups in total. The van der Waals surface area contributed by atoms with Crippen molar-refractivity contribution in [2.45, 2.75) is 25.3 Å². The van der Waals surface area contributed by atoms with Gasteiger partial charge in [-0.1, -0.05) is 30.3 Å². The smallest absolute Gasteiger partial charge is 0.0270 e. The summed E-state index contributed by atoms with van der Waals surface area (Å²) in [5.41, 5.74) is 2.75. The molecule has 0 fully saturated rings. The van der Waals surface area contributed by atoms with Gasteiger partial charge in [0.15, 0.2) is 0 Å². The monoisotopic (exact) mass is 240 g/mol. The summed E-state index contributed by atoms with van der Waals surface area (Å²) in [5.74, 6) is 0. The normalized spacial score (nSPS) is 12.3. The van der Waals surface area contributed by atoms with Crippen LogP contribution in [0.2, 0.25) is 0 Å². The van der Waals surface area contributed by atoms with Crippen molar-refractivity contribution in [3.05, 3.63) is 66.0 Å². The van der Waals surface area contributed by atoms with E-state index < -0.39 is 0 Å². The maximum atomic E-state index is 4.05. The van der Waals surface area contributed by atoms with Crippen molar-refractivity contribution in [2.75, 3.05) is 7.05 Å². The summed E-state index contributed by atoms with van der Waals surface area (Å²) in [6.45, 7) is 0. The summed E-state index contributed by atoms with van der Waals surface area (Å²) in [6.07, 6.45) is 7.06. The van der Waals surface area contributed by atoms with E-state index in [1.165, 1.54) is 11.1 Å². The van der Waals surface area contributed by atoms with Crippen LogP contribution in [0.25, 0.3) is 0 Å². The largest absolute Gasteiger partial charge is 0.317 e. The Bertz CT molecular complexity index is 439. The highest BCUT2D eigenvalue weighted by molar-refractivity contribution is 5.15. The van der Waals surface area contributed by atoms with Gasteiger partial charge < -0.3 is 5.32 Å². The lowest BCUT2D eigenvalue weighted by atomic mass is 10.00. The summed E-state index contributed by atoms with van der Waals surface area (Å²) in [7, 11) is 2.04. The van der Waals surface area contributed by atoms with Crippen LogP contribution in [-0.2, 0) is 12.8 Å². The van der Waals surface area contributed by atoms with Crippen LogP contribution in [0.15, 0.2) is 54.9 Å². The number of likely N-dealkylation sites (N-methyl/N-ethyl adjacent to an activating group) is 1. The van der Waals surface area contributed by atoms with E-state index in [-0.39, 0.29) is 0 Å². The average Bonchev–Trinajstić information content (AvgIpc) is 2.45. The molecule has 0 bridgehead atoms. The maximum Gasteiger partial charge on any atom is 0.0270 e. The number of nitrogens with one attached hydrogen (secondary N) is 1. The molecular formula is C16H20N2. The number of aryl methyl sites for hydroxylation is 1. The van der Waals surface area contributed by atoms with Crippen LogP contribution in [0, 0.1) is 0 Å². The fourth-order valence-electron chi connectivity index (χ4n) is 2.14. The van der Waals surface area contributed by atoms with Crippen molar-refractivity contribution in [1.82, 2.24) is 10.3 Å². The van der Waals surface area contributed by atoms with Crippen LogP contribution in [0.3, 0.4) is 0 Å². The number of rotatable bonds is 6. The lowest BCUT2D eigenvalue weighted by Gasteiger charge is -2.16. The molecule has 1 heterocycles. The quantitative estimate of drug-likeness (QED) is 0.840. The van der Waals surface area contributed by atoms with Gasteiger partial charge in [-0.15, -0.1) is 0 Å². The highest BCUT2D eigenvalue weighted by Gasteiger charge is 2.07. The van der Waals surface area contributed by atoms with E-state index in [1.54, 1.807) is 0 Å². The lowest BCUT2D eigenvalue weighted by Crippen LogP contribution is -2.28.